The SMILES string of the molecule is NC(=S)N(CCc1c(F)c(F)cc(F)c1F)c1nc2ccccc2[nH]1. The van der Waals surface area contributed by atoms with Gasteiger partial charge in [-0.05, 0) is 30.8 Å². The number of hydrogen-bond donors (Lipinski definition) is 2. The van der Waals surface area contributed by atoms with Crippen LogP contribution in [-0.4, -0.2) is 21.6 Å². The van der Waals surface area contributed by atoms with Gasteiger partial charge in [-0.2, -0.15) is 0 Å². The van der Waals surface area contributed by atoms with Crippen LogP contribution in [0.5, 0.6) is 0 Å². The van der Waals surface area contributed by atoms with Crippen LogP contribution in [0.3, 0.4) is 0 Å². The zero-order valence-corrected chi connectivity index (χ0v) is 13.5. The van der Waals surface area contributed by atoms with E-state index in [-0.39, 0.29) is 30.1 Å². The topological polar surface area (TPSA) is 57.9 Å². The van der Waals surface area contributed by atoms with E-state index in [0.29, 0.717) is 11.0 Å². The number of aromatic nitrogens is 2. The van der Waals surface area contributed by atoms with Gasteiger partial charge in [-0.25, -0.2) is 22.5 Å². The zero-order chi connectivity index (χ0) is 18.1. The highest BCUT2D eigenvalue weighted by molar-refractivity contribution is 7.80. The van der Waals surface area contributed by atoms with Crippen LogP contribution in [0, 0.1) is 23.3 Å². The maximum Gasteiger partial charge on any atom is 0.210 e. The molecule has 0 spiro atoms. The van der Waals surface area contributed by atoms with Crippen LogP contribution in [0.4, 0.5) is 23.5 Å². The molecule has 2 aromatic carbocycles. The van der Waals surface area contributed by atoms with Crippen molar-refractivity contribution in [2.45, 2.75) is 6.42 Å². The molecule has 9 heteroatoms. The number of benzene rings is 2. The summed E-state index contributed by atoms with van der Waals surface area (Å²) in [6.45, 7) is -0.119. The first kappa shape index (κ1) is 17.2. The van der Waals surface area contributed by atoms with Crippen molar-refractivity contribution in [3.63, 3.8) is 0 Å². The van der Waals surface area contributed by atoms with Gasteiger partial charge >= 0.3 is 0 Å². The van der Waals surface area contributed by atoms with Crippen molar-refractivity contribution in [3.05, 3.63) is 59.2 Å². The van der Waals surface area contributed by atoms with E-state index in [0.717, 1.165) is 0 Å². The Morgan fingerprint density at radius 2 is 1.76 bits per heavy atom. The molecule has 0 fully saturated rings. The van der Waals surface area contributed by atoms with Crippen molar-refractivity contribution in [3.8, 4) is 0 Å². The number of hydrogen-bond acceptors (Lipinski definition) is 2. The van der Waals surface area contributed by atoms with E-state index in [1.807, 2.05) is 0 Å². The van der Waals surface area contributed by atoms with Crippen LogP contribution >= 0.6 is 12.2 Å². The highest BCUT2D eigenvalue weighted by atomic mass is 32.1. The molecule has 0 aliphatic carbocycles. The normalized spacial score (nSPS) is 11.0. The summed E-state index contributed by atoms with van der Waals surface area (Å²) in [5, 5.41) is -0.100. The average molecular weight is 368 g/mol. The molecule has 0 saturated carbocycles. The summed E-state index contributed by atoms with van der Waals surface area (Å²) in [5.41, 5.74) is 6.30. The molecule has 3 N–H and O–H groups in total. The second kappa shape index (κ2) is 6.67. The number of anilines is 1. The Morgan fingerprint density at radius 1 is 1.12 bits per heavy atom. The smallest absolute Gasteiger partial charge is 0.210 e. The Morgan fingerprint density at radius 3 is 2.36 bits per heavy atom. The van der Waals surface area contributed by atoms with Gasteiger partial charge in [0.2, 0.25) is 5.95 Å². The minimum absolute atomic E-state index is 0.100. The first-order valence-electron chi connectivity index (χ1n) is 7.22. The maximum absolute atomic E-state index is 13.8. The molecule has 0 bridgehead atoms. The maximum atomic E-state index is 13.8. The van der Waals surface area contributed by atoms with Gasteiger partial charge < -0.3 is 10.7 Å². The van der Waals surface area contributed by atoms with Crippen molar-refractivity contribution in [2.75, 3.05) is 11.4 Å². The van der Waals surface area contributed by atoms with Crippen LogP contribution < -0.4 is 10.6 Å². The third kappa shape index (κ3) is 3.27. The van der Waals surface area contributed by atoms with Gasteiger partial charge in [-0.1, -0.05) is 12.1 Å². The van der Waals surface area contributed by atoms with E-state index in [9.17, 15) is 17.6 Å². The van der Waals surface area contributed by atoms with Gasteiger partial charge in [-0.3, -0.25) is 4.90 Å². The Bertz CT molecular complexity index is 897. The fourth-order valence-corrected chi connectivity index (χ4v) is 2.63. The summed E-state index contributed by atoms with van der Waals surface area (Å²) < 4.78 is 54.2. The second-order valence-corrected chi connectivity index (χ2v) is 5.68. The number of nitrogens with one attached hydrogen (secondary N) is 1. The molecule has 0 aliphatic heterocycles. The Hall–Kier alpha value is -2.68. The van der Waals surface area contributed by atoms with Gasteiger partial charge in [-0.15, -0.1) is 0 Å². The van der Waals surface area contributed by atoms with Crippen molar-refractivity contribution in [1.29, 1.82) is 0 Å². The van der Waals surface area contributed by atoms with E-state index in [1.165, 1.54) is 4.90 Å². The molecule has 0 atom stereocenters. The lowest BCUT2D eigenvalue weighted by Gasteiger charge is -2.20. The Balaban J connectivity index is 1.90. The molecule has 130 valence electrons. The molecule has 1 heterocycles. The number of H-pyrrole nitrogens is 1. The van der Waals surface area contributed by atoms with E-state index in [4.69, 9.17) is 18.0 Å². The van der Waals surface area contributed by atoms with Crippen molar-refractivity contribution in [1.82, 2.24) is 9.97 Å². The molecule has 0 saturated heterocycles. The summed E-state index contributed by atoms with van der Waals surface area (Å²) in [6.07, 6.45) is -0.360. The van der Waals surface area contributed by atoms with Gasteiger partial charge in [0.1, 0.15) is 0 Å². The van der Waals surface area contributed by atoms with Crippen LogP contribution in [-0.2, 0) is 6.42 Å². The molecule has 3 rings (SSSR count). The highest BCUT2D eigenvalue weighted by Gasteiger charge is 2.21. The molecule has 0 aliphatic rings. The van der Waals surface area contributed by atoms with E-state index in [1.54, 1.807) is 24.3 Å². The molecule has 25 heavy (non-hydrogen) atoms. The van der Waals surface area contributed by atoms with Gasteiger partial charge in [0.05, 0.1) is 11.0 Å². The van der Waals surface area contributed by atoms with E-state index in [2.05, 4.69) is 9.97 Å². The summed E-state index contributed by atoms with van der Waals surface area (Å²) in [6, 6.07) is 7.30. The number of fused-ring (bicyclic) bond motifs is 1. The van der Waals surface area contributed by atoms with E-state index < -0.39 is 28.8 Å². The number of rotatable bonds is 4. The lowest BCUT2D eigenvalue weighted by molar-refractivity contribution is 0.439. The predicted molar refractivity (Wildman–Crippen MR) is 90.2 cm³/mol. The highest BCUT2D eigenvalue weighted by Crippen LogP contribution is 2.22. The lowest BCUT2D eigenvalue weighted by atomic mass is 10.1. The van der Waals surface area contributed by atoms with Crippen LogP contribution in [0.2, 0.25) is 0 Å². The minimum atomic E-state index is -1.46. The number of imidazole rings is 1. The molecule has 0 amide bonds. The van der Waals surface area contributed by atoms with Crippen LogP contribution in [0.25, 0.3) is 11.0 Å². The molecule has 0 radical (unpaired) electrons. The number of halogens is 4. The quantitative estimate of drug-likeness (QED) is 0.421. The summed E-state index contributed by atoms with van der Waals surface area (Å²) in [5.74, 6) is -5.52. The fourth-order valence-electron chi connectivity index (χ4n) is 2.45. The van der Waals surface area contributed by atoms with Gasteiger partial charge in [0.25, 0.3) is 0 Å². The van der Waals surface area contributed by atoms with Crippen molar-refractivity contribution in [2.24, 2.45) is 5.73 Å². The average Bonchev–Trinajstić information content (AvgIpc) is 2.99. The van der Waals surface area contributed by atoms with E-state index >= 15 is 0 Å². The first-order chi connectivity index (χ1) is 11.9. The largest absolute Gasteiger partial charge is 0.376 e. The monoisotopic (exact) mass is 368 g/mol. The molecular formula is C16H12F4N4S. The first-order valence-corrected chi connectivity index (χ1v) is 7.63. The number of nitrogens with zero attached hydrogens (tertiary/aromatic N) is 2. The molecule has 3 aromatic rings. The summed E-state index contributed by atoms with van der Waals surface area (Å²) >= 11 is 4.94. The predicted octanol–water partition coefficient (Wildman–Crippen LogP) is 3.41. The van der Waals surface area contributed by atoms with Gasteiger partial charge in [0, 0.05) is 18.2 Å². The third-order valence-electron chi connectivity index (χ3n) is 3.69. The van der Waals surface area contributed by atoms with Crippen molar-refractivity contribution >= 4 is 34.3 Å². The third-order valence-corrected chi connectivity index (χ3v) is 3.91. The molecule has 1 aromatic heterocycles. The molecule has 0 unspecified atom stereocenters. The summed E-state index contributed by atoms with van der Waals surface area (Å²) in [4.78, 5) is 8.57. The van der Waals surface area contributed by atoms with Gasteiger partial charge in [0.15, 0.2) is 28.4 Å². The Labute approximate surface area is 145 Å². The summed E-state index contributed by atoms with van der Waals surface area (Å²) in [7, 11) is 0. The van der Waals surface area contributed by atoms with Crippen molar-refractivity contribution < 1.29 is 17.6 Å². The lowest BCUT2D eigenvalue weighted by Crippen LogP contribution is -2.38. The number of aromatic amines is 1. The fraction of sp³-hybridized carbons (Fsp3) is 0.125. The second-order valence-electron chi connectivity index (χ2n) is 5.26. The number of nitrogens with two attached hydrogens (primary N) is 1. The van der Waals surface area contributed by atoms with Crippen LogP contribution in [0.1, 0.15) is 5.56 Å². The Kier molecular flexibility index (Phi) is 4.58. The number of para-hydroxylation sites is 2. The van der Waals surface area contributed by atoms with Crippen LogP contribution in [0.15, 0.2) is 30.3 Å². The zero-order valence-electron chi connectivity index (χ0n) is 12.7. The number of thiocarbonyl (C=S) groups is 1. The standard InChI is InChI=1S/C16H12F4N4S/c17-9-7-10(18)14(20)8(13(9)19)5-6-24(15(21)25)16-22-11-3-1-2-4-12(11)23-16/h1-4,7H,5-6H2,(H2,21,25)(H,22,23). The minimum Gasteiger partial charge on any atom is -0.376 e. The molecular weight excluding hydrogens is 356 g/mol. The molecule has 4 nitrogen and oxygen atoms in total.